The summed E-state index contributed by atoms with van der Waals surface area (Å²) in [6.45, 7) is 5.64. The van der Waals surface area contributed by atoms with Crippen molar-refractivity contribution in [1.29, 1.82) is 0 Å². The zero-order valence-electron chi connectivity index (χ0n) is 15.7. The molecule has 0 bridgehead atoms. The van der Waals surface area contributed by atoms with Gasteiger partial charge in [0.15, 0.2) is 0 Å². The van der Waals surface area contributed by atoms with Crippen LogP contribution >= 0.6 is 0 Å². The summed E-state index contributed by atoms with van der Waals surface area (Å²) in [7, 11) is -0.388. The molecule has 1 aromatic carbocycles. The van der Waals surface area contributed by atoms with Gasteiger partial charge in [-0.15, -0.1) is 0 Å². The molecule has 1 amide bonds. The molecule has 0 saturated carbocycles. The van der Waals surface area contributed by atoms with E-state index in [4.69, 9.17) is 0 Å². The van der Waals surface area contributed by atoms with Gasteiger partial charge >= 0.3 is 0 Å². The minimum atomic E-state index is -3.43. The monoisotopic (exact) mass is 378 g/mol. The predicted molar refractivity (Wildman–Crippen MR) is 102 cm³/mol. The van der Waals surface area contributed by atoms with E-state index in [0.29, 0.717) is 37.8 Å². The standard InChI is InChI=1S/C18H26N4O3S/c1-14(2)22-9-8-15-16(6-5-7-17(15)22)18(23)20-10-12-21(13-11-20)26(24,25)19(3)4/h5-9,14H,10-13H2,1-4H3. The van der Waals surface area contributed by atoms with Gasteiger partial charge in [-0.3, -0.25) is 4.79 Å². The number of rotatable bonds is 4. The molecule has 1 aromatic heterocycles. The summed E-state index contributed by atoms with van der Waals surface area (Å²) in [5.74, 6) is -0.0426. The van der Waals surface area contributed by atoms with Gasteiger partial charge in [0.1, 0.15) is 0 Å². The maximum atomic E-state index is 13.0. The molecule has 142 valence electrons. The van der Waals surface area contributed by atoms with Crippen molar-refractivity contribution in [3.8, 4) is 0 Å². The van der Waals surface area contributed by atoms with Crippen molar-refractivity contribution in [1.82, 2.24) is 18.1 Å². The van der Waals surface area contributed by atoms with Gasteiger partial charge in [-0.25, -0.2) is 0 Å². The zero-order valence-corrected chi connectivity index (χ0v) is 16.5. The van der Waals surface area contributed by atoms with E-state index < -0.39 is 10.2 Å². The van der Waals surface area contributed by atoms with Gasteiger partial charge in [0.25, 0.3) is 16.1 Å². The lowest BCUT2D eigenvalue weighted by Gasteiger charge is -2.35. The first-order valence-corrected chi connectivity index (χ1v) is 10.2. The molecule has 1 fully saturated rings. The molecule has 8 heteroatoms. The molecule has 0 atom stereocenters. The van der Waals surface area contributed by atoms with Gasteiger partial charge in [0, 0.05) is 69.0 Å². The number of carbonyl (C=O) groups is 1. The van der Waals surface area contributed by atoms with Crippen LogP contribution < -0.4 is 0 Å². The Balaban J connectivity index is 1.81. The first-order valence-electron chi connectivity index (χ1n) is 8.80. The second-order valence-electron chi connectivity index (χ2n) is 7.04. The summed E-state index contributed by atoms with van der Waals surface area (Å²) in [6.07, 6.45) is 2.01. The third-order valence-corrected chi connectivity index (χ3v) is 6.80. The van der Waals surface area contributed by atoms with E-state index in [9.17, 15) is 13.2 Å². The van der Waals surface area contributed by atoms with Gasteiger partial charge in [-0.05, 0) is 32.0 Å². The lowest BCUT2D eigenvalue weighted by atomic mass is 10.1. The maximum Gasteiger partial charge on any atom is 0.281 e. The van der Waals surface area contributed by atoms with Crippen molar-refractivity contribution < 1.29 is 13.2 Å². The summed E-state index contributed by atoms with van der Waals surface area (Å²) in [5, 5.41) is 0.939. The number of hydrogen-bond donors (Lipinski definition) is 0. The van der Waals surface area contributed by atoms with Crippen LogP contribution in [0.15, 0.2) is 30.5 Å². The summed E-state index contributed by atoms with van der Waals surface area (Å²) in [4.78, 5) is 14.8. The molecular formula is C18H26N4O3S. The quantitative estimate of drug-likeness (QED) is 0.815. The lowest BCUT2D eigenvalue weighted by Crippen LogP contribution is -2.53. The maximum absolute atomic E-state index is 13.0. The van der Waals surface area contributed by atoms with Crippen LogP contribution in [0, 0.1) is 0 Å². The van der Waals surface area contributed by atoms with Crippen LogP contribution in [0.25, 0.3) is 10.9 Å². The van der Waals surface area contributed by atoms with E-state index in [0.717, 1.165) is 10.9 Å². The van der Waals surface area contributed by atoms with Crippen LogP contribution in [0.3, 0.4) is 0 Å². The second kappa shape index (κ2) is 7.02. The molecule has 7 nitrogen and oxygen atoms in total. The summed E-state index contributed by atoms with van der Waals surface area (Å²) in [6, 6.07) is 8.07. The molecule has 0 unspecified atom stereocenters. The van der Waals surface area contributed by atoms with Crippen LogP contribution in [0.5, 0.6) is 0 Å². The molecule has 1 aliphatic rings. The molecule has 1 saturated heterocycles. The van der Waals surface area contributed by atoms with Crippen molar-refractivity contribution in [2.75, 3.05) is 40.3 Å². The molecule has 3 rings (SSSR count). The molecule has 26 heavy (non-hydrogen) atoms. The Morgan fingerprint density at radius 2 is 1.73 bits per heavy atom. The number of carbonyl (C=O) groups excluding carboxylic acids is 1. The zero-order chi connectivity index (χ0) is 19.1. The molecule has 1 aliphatic heterocycles. The van der Waals surface area contributed by atoms with Gasteiger partial charge < -0.3 is 9.47 Å². The number of hydrogen-bond acceptors (Lipinski definition) is 3. The Bertz CT molecular complexity index is 910. The van der Waals surface area contributed by atoms with Crippen molar-refractivity contribution in [3.63, 3.8) is 0 Å². The van der Waals surface area contributed by atoms with E-state index in [1.54, 1.807) is 4.90 Å². The highest BCUT2D eigenvalue weighted by atomic mass is 32.2. The highest BCUT2D eigenvalue weighted by Crippen LogP contribution is 2.25. The summed E-state index contributed by atoms with van der Waals surface area (Å²) < 4.78 is 29.2. The Morgan fingerprint density at radius 3 is 2.31 bits per heavy atom. The van der Waals surface area contributed by atoms with E-state index in [1.165, 1.54) is 22.7 Å². The highest BCUT2D eigenvalue weighted by Gasteiger charge is 2.31. The number of benzene rings is 1. The van der Waals surface area contributed by atoms with Crippen LogP contribution in [0.2, 0.25) is 0 Å². The fourth-order valence-corrected chi connectivity index (χ4v) is 4.44. The van der Waals surface area contributed by atoms with Crippen LogP contribution in [0.4, 0.5) is 0 Å². The SMILES string of the molecule is CC(C)n1ccc2c(C(=O)N3CCN(S(=O)(=O)N(C)C)CC3)cccc21. The largest absolute Gasteiger partial charge is 0.345 e. The number of fused-ring (bicyclic) bond motifs is 1. The Hall–Kier alpha value is -1.90. The van der Waals surface area contributed by atoms with Crippen LogP contribution in [0.1, 0.15) is 30.2 Å². The third-order valence-electron chi connectivity index (χ3n) is 4.86. The number of amides is 1. The molecule has 2 heterocycles. The summed E-state index contributed by atoms with van der Waals surface area (Å²) >= 11 is 0. The number of aromatic nitrogens is 1. The Kier molecular flexibility index (Phi) is 5.09. The smallest absolute Gasteiger partial charge is 0.281 e. The fourth-order valence-electron chi connectivity index (χ4n) is 3.35. The van der Waals surface area contributed by atoms with Crippen LogP contribution in [-0.4, -0.2) is 72.7 Å². The molecule has 0 radical (unpaired) electrons. The van der Waals surface area contributed by atoms with Crippen molar-refractivity contribution >= 4 is 27.0 Å². The second-order valence-corrected chi connectivity index (χ2v) is 9.18. The molecule has 2 aromatic rings. The minimum absolute atomic E-state index is 0.0426. The van der Waals surface area contributed by atoms with E-state index in [1.807, 2.05) is 30.5 Å². The molecule has 0 aliphatic carbocycles. The van der Waals surface area contributed by atoms with Gasteiger partial charge in [0.2, 0.25) is 0 Å². The first kappa shape index (κ1) is 18.9. The van der Waals surface area contributed by atoms with E-state index in [-0.39, 0.29) is 5.91 Å². The Labute approximate surface area is 155 Å². The van der Waals surface area contributed by atoms with Gasteiger partial charge in [0.05, 0.1) is 0 Å². The fraction of sp³-hybridized carbons (Fsp3) is 0.500. The number of piperazine rings is 1. The first-order chi connectivity index (χ1) is 12.2. The van der Waals surface area contributed by atoms with Crippen molar-refractivity contribution in [3.05, 3.63) is 36.0 Å². The van der Waals surface area contributed by atoms with Crippen molar-refractivity contribution in [2.45, 2.75) is 19.9 Å². The Morgan fingerprint density at radius 1 is 1.08 bits per heavy atom. The topological polar surface area (TPSA) is 65.9 Å². The highest BCUT2D eigenvalue weighted by molar-refractivity contribution is 7.86. The average molecular weight is 378 g/mol. The molecule has 0 N–H and O–H groups in total. The minimum Gasteiger partial charge on any atom is -0.345 e. The number of nitrogens with zero attached hydrogens (tertiary/aromatic N) is 4. The predicted octanol–water partition coefficient (Wildman–Crippen LogP) is 1.79. The van der Waals surface area contributed by atoms with E-state index in [2.05, 4.69) is 18.4 Å². The van der Waals surface area contributed by atoms with Gasteiger partial charge in [-0.1, -0.05) is 6.07 Å². The third kappa shape index (κ3) is 3.24. The van der Waals surface area contributed by atoms with E-state index >= 15 is 0 Å². The average Bonchev–Trinajstić information content (AvgIpc) is 3.05. The van der Waals surface area contributed by atoms with Crippen molar-refractivity contribution in [2.24, 2.45) is 0 Å². The summed E-state index contributed by atoms with van der Waals surface area (Å²) in [5.41, 5.74) is 1.71. The normalized spacial score (nSPS) is 16.8. The lowest BCUT2D eigenvalue weighted by molar-refractivity contribution is 0.0697. The van der Waals surface area contributed by atoms with Crippen LogP contribution in [-0.2, 0) is 10.2 Å². The molecular weight excluding hydrogens is 352 g/mol. The molecule has 0 spiro atoms. The van der Waals surface area contributed by atoms with Gasteiger partial charge in [-0.2, -0.15) is 17.0 Å².